The fourth-order valence-electron chi connectivity index (χ4n) is 2.51. The average molecular weight is 654 g/mol. The molecule has 29 heavy (non-hydrogen) atoms. The lowest BCUT2D eigenvalue weighted by atomic mass is 10.2. The number of carboxylic acid groups (broad SMARTS) is 1. The molecule has 2 aromatic carbocycles. The van der Waals surface area contributed by atoms with Gasteiger partial charge in [-0.25, -0.2) is 4.79 Å². The van der Waals surface area contributed by atoms with E-state index in [2.05, 4.69) is 10.2 Å². The van der Waals surface area contributed by atoms with Crippen molar-refractivity contribution < 1.29 is 15.0 Å². The fraction of sp³-hybridized carbons (Fsp3) is 0.105. The van der Waals surface area contributed by atoms with E-state index in [1.54, 1.807) is 30.3 Å². The third-order valence-electron chi connectivity index (χ3n) is 3.88. The molecule has 0 spiro atoms. The van der Waals surface area contributed by atoms with Gasteiger partial charge in [0.15, 0.2) is 11.0 Å². The Morgan fingerprint density at radius 3 is 2.38 bits per heavy atom. The smallest absolute Gasteiger partial charge is 0.342 e. The summed E-state index contributed by atoms with van der Waals surface area (Å²) < 4.78 is 3.16. The Kier molecular flexibility index (Phi) is 7.46. The summed E-state index contributed by atoms with van der Waals surface area (Å²) in [6, 6.07) is 10.7. The van der Waals surface area contributed by atoms with Gasteiger partial charge in [0.25, 0.3) is 0 Å². The van der Waals surface area contributed by atoms with E-state index in [1.165, 1.54) is 0 Å². The number of halogens is 3. The second kappa shape index (κ2) is 9.67. The lowest BCUT2D eigenvalue weighted by Gasteiger charge is -2.08. The zero-order valence-corrected chi connectivity index (χ0v) is 20.8. The number of aliphatic carboxylic acids is 1. The Labute approximate surface area is 203 Å². The molecule has 1 aromatic heterocycles. The summed E-state index contributed by atoms with van der Waals surface area (Å²) >= 11 is 11.0. The van der Waals surface area contributed by atoms with Crippen molar-refractivity contribution in [1.29, 1.82) is 0 Å². The minimum atomic E-state index is -1.06. The fourth-order valence-corrected chi connectivity index (χ4v) is 5.34. The number of phenolic OH excluding ortho intramolecular Hbond substituents is 1. The molecule has 150 valence electrons. The Morgan fingerprint density at radius 2 is 1.83 bits per heavy atom. The van der Waals surface area contributed by atoms with Crippen molar-refractivity contribution >= 4 is 80.6 Å². The molecule has 3 rings (SSSR count). The molecular formula is C19H14ClI2N3O3S. The zero-order chi connectivity index (χ0) is 21.1. The molecule has 0 atom stereocenters. The van der Waals surface area contributed by atoms with E-state index in [0.29, 0.717) is 35.3 Å². The SMILES string of the molecule is CCn1c(S/C(=C\c2cc(I)c(O)c(I)c2)C(=O)O)nnc1-c1ccc(Cl)cc1. The molecule has 6 nitrogen and oxygen atoms in total. The van der Waals surface area contributed by atoms with Crippen LogP contribution in [0.1, 0.15) is 12.5 Å². The number of thioether (sulfide) groups is 1. The van der Waals surface area contributed by atoms with Gasteiger partial charge in [-0.15, -0.1) is 10.2 Å². The van der Waals surface area contributed by atoms with Gasteiger partial charge in [0.05, 0.1) is 7.14 Å². The van der Waals surface area contributed by atoms with Crippen LogP contribution in [0.3, 0.4) is 0 Å². The molecule has 0 unspecified atom stereocenters. The van der Waals surface area contributed by atoms with Crippen LogP contribution in [0.5, 0.6) is 5.75 Å². The first-order valence-electron chi connectivity index (χ1n) is 8.30. The van der Waals surface area contributed by atoms with Gasteiger partial charge in [0.2, 0.25) is 0 Å². The molecule has 10 heteroatoms. The van der Waals surface area contributed by atoms with Gasteiger partial charge in [-0.3, -0.25) is 0 Å². The van der Waals surface area contributed by atoms with Crippen LogP contribution in [-0.2, 0) is 11.3 Å². The standard InChI is InChI=1S/C19H14ClI2N3O3S/c1-2-25-17(11-3-5-12(20)6-4-11)23-24-19(25)29-15(18(27)28)9-10-7-13(21)16(26)14(22)8-10/h3-9,26H,2H2,1H3,(H,27,28)/b15-9-. The maximum absolute atomic E-state index is 11.8. The van der Waals surface area contributed by atoms with Crippen molar-refractivity contribution in [2.24, 2.45) is 0 Å². The zero-order valence-electron chi connectivity index (χ0n) is 14.9. The maximum atomic E-state index is 11.8. The largest absolute Gasteiger partial charge is 0.506 e. The number of carbonyl (C=O) groups is 1. The van der Waals surface area contributed by atoms with Gasteiger partial charge in [-0.05, 0) is 112 Å². The van der Waals surface area contributed by atoms with E-state index in [0.717, 1.165) is 17.3 Å². The Balaban J connectivity index is 1.98. The van der Waals surface area contributed by atoms with Crippen LogP contribution in [0.4, 0.5) is 0 Å². The molecule has 0 saturated carbocycles. The highest BCUT2D eigenvalue weighted by molar-refractivity contribution is 14.1. The summed E-state index contributed by atoms with van der Waals surface area (Å²) in [6.07, 6.45) is 1.56. The summed E-state index contributed by atoms with van der Waals surface area (Å²) in [4.78, 5) is 11.9. The molecule has 3 aromatic rings. The van der Waals surface area contributed by atoms with E-state index in [4.69, 9.17) is 11.6 Å². The van der Waals surface area contributed by atoms with E-state index < -0.39 is 5.97 Å². The quantitative estimate of drug-likeness (QED) is 0.200. The number of phenols is 1. The van der Waals surface area contributed by atoms with Gasteiger partial charge in [0, 0.05) is 17.1 Å². The van der Waals surface area contributed by atoms with E-state index >= 15 is 0 Å². The Morgan fingerprint density at radius 1 is 1.21 bits per heavy atom. The molecule has 0 aliphatic carbocycles. The Hall–Kier alpha value is -1.31. The molecule has 2 N–H and O–H groups in total. The first-order valence-corrected chi connectivity index (χ1v) is 11.6. The number of rotatable bonds is 6. The van der Waals surface area contributed by atoms with E-state index in [-0.39, 0.29) is 10.7 Å². The number of nitrogens with zero attached hydrogens (tertiary/aromatic N) is 3. The third-order valence-corrected chi connectivity index (χ3v) is 6.78. The van der Waals surface area contributed by atoms with Crippen molar-refractivity contribution in [3.8, 4) is 17.1 Å². The highest BCUT2D eigenvalue weighted by atomic mass is 127. The van der Waals surface area contributed by atoms with Crippen LogP contribution >= 0.6 is 68.5 Å². The summed E-state index contributed by atoms with van der Waals surface area (Å²) in [5, 5.41) is 29.2. The highest BCUT2D eigenvalue weighted by Gasteiger charge is 2.18. The normalized spacial score (nSPS) is 11.7. The molecule has 0 radical (unpaired) electrons. The van der Waals surface area contributed by atoms with Crippen LogP contribution in [0.25, 0.3) is 17.5 Å². The summed E-state index contributed by atoms with van der Waals surface area (Å²) in [5.74, 6) is -0.233. The maximum Gasteiger partial charge on any atom is 0.342 e. The van der Waals surface area contributed by atoms with Crippen molar-refractivity contribution in [3.05, 3.63) is 59.0 Å². The van der Waals surface area contributed by atoms with Crippen molar-refractivity contribution in [1.82, 2.24) is 14.8 Å². The number of hydrogen-bond donors (Lipinski definition) is 2. The average Bonchev–Trinajstić information content (AvgIpc) is 3.08. The molecule has 0 aliphatic heterocycles. The first kappa shape index (κ1) is 22.4. The summed E-state index contributed by atoms with van der Waals surface area (Å²) in [7, 11) is 0. The van der Waals surface area contributed by atoms with Crippen LogP contribution in [-0.4, -0.2) is 30.9 Å². The molecule has 1 heterocycles. The van der Waals surface area contributed by atoms with Gasteiger partial charge >= 0.3 is 5.97 Å². The van der Waals surface area contributed by atoms with Crippen LogP contribution in [0, 0.1) is 7.14 Å². The molecule has 0 saturated heterocycles. The second-order valence-electron chi connectivity index (χ2n) is 5.81. The summed E-state index contributed by atoms with van der Waals surface area (Å²) in [5.41, 5.74) is 1.53. The van der Waals surface area contributed by atoms with Gasteiger partial charge in [-0.2, -0.15) is 0 Å². The van der Waals surface area contributed by atoms with E-state index in [9.17, 15) is 15.0 Å². The summed E-state index contributed by atoms with van der Waals surface area (Å²) in [6.45, 7) is 2.52. The number of carboxylic acids is 1. The number of aromatic hydroxyl groups is 1. The van der Waals surface area contributed by atoms with Crippen LogP contribution in [0.15, 0.2) is 46.5 Å². The minimum absolute atomic E-state index is 0.104. The third kappa shape index (κ3) is 5.25. The first-order chi connectivity index (χ1) is 13.8. The van der Waals surface area contributed by atoms with E-state index in [1.807, 2.05) is 68.8 Å². The lowest BCUT2D eigenvalue weighted by molar-refractivity contribution is -0.131. The molecule has 0 bridgehead atoms. The van der Waals surface area contributed by atoms with Crippen molar-refractivity contribution in [2.45, 2.75) is 18.6 Å². The van der Waals surface area contributed by atoms with Gasteiger partial charge in [-0.1, -0.05) is 11.6 Å². The second-order valence-corrected chi connectivity index (χ2v) is 9.58. The van der Waals surface area contributed by atoms with Crippen molar-refractivity contribution in [2.75, 3.05) is 0 Å². The predicted octanol–water partition coefficient (Wildman–Crippen LogP) is 5.75. The number of benzene rings is 2. The molecule has 0 amide bonds. The van der Waals surface area contributed by atoms with Gasteiger partial charge in [0.1, 0.15) is 10.7 Å². The van der Waals surface area contributed by atoms with Crippen LogP contribution in [0.2, 0.25) is 5.02 Å². The number of hydrogen-bond acceptors (Lipinski definition) is 5. The number of aromatic nitrogens is 3. The minimum Gasteiger partial charge on any atom is -0.506 e. The lowest BCUT2D eigenvalue weighted by Crippen LogP contribution is -2.02. The predicted molar refractivity (Wildman–Crippen MR) is 131 cm³/mol. The molecular weight excluding hydrogens is 640 g/mol. The molecule has 0 fully saturated rings. The topological polar surface area (TPSA) is 88.2 Å². The highest BCUT2D eigenvalue weighted by Crippen LogP contribution is 2.33. The molecule has 0 aliphatic rings. The van der Waals surface area contributed by atoms with Crippen LogP contribution < -0.4 is 0 Å². The van der Waals surface area contributed by atoms with Crippen molar-refractivity contribution in [3.63, 3.8) is 0 Å². The Bertz CT molecular complexity index is 1080. The monoisotopic (exact) mass is 653 g/mol. The van der Waals surface area contributed by atoms with Gasteiger partial charge < -0.3 is 14.8 Å².